The van der Waals surface area contributed by atoms with Gasteiger partial charge in [-0.15, -0.1) is 10.2 Å². The average Bonchev–Trinajstić information content (AvgIpc) is 2.73. The molecule has 16 heavy (non-hydrogen) atoms. The van der Waals surface area contributed by atoms with Gasteiger partial charge in [-0.05, 0) is 33.9 Å². The molecule has 0 aliphatic carbocycles. The van der Waals surface area contributed by atoms with Crippen LogP contribution in [0.5, 0.6) is 0 Å². The number of hydrogen-bond donors (Lipinski definition) is 1. The molecule has 2 heterocycles. The van der Waals surface area contributed by atoms with Gasteiger partial charge in [0.25, 0.3) is 0 Å². The first-order valence-corrected chi connectivity index (χ1v) is 7.67. The average molecular weight is 336 g/mol. The van der Waals surface area contributed by atoms with E-state index in [4.69, 9.17) is 5.73 Å². The molecule has 0 fully saturated rings. The van der Waals surface area contributed by atoms with E-state index in [0.717, 1.165) is 13.7 Å². The van der Waals surface area contributed by atoms with Gasteiger partial charge in [0, 0.05) is 0 Å². The van der Waals surface area contributed by atoms with E-state index in [9.17, 15) is 0 Å². The highest BCUT2D eigenvalue weighted by Gasteiger charge is 2.11. The Bertz CT molecular complexity index is 503. The quantitative estimate of drug-likeness (QED) is 0.682. The highest BCUT2D eigenvalue weighted by atomic mass is 79.9. The van der Waals surface area contributed by atoms with Gasteiger partial charge in [0.1, 0.15) is 17.2 Å². The molecule has 2 rings (SSSR count). The standard InChI is InChI=1S/C7H6BrN5S3/c1-14-6-12-13-7(16-6)15-5-3(8)4(9)10-2-11-5/h2H,1H3,(H2,9,10,11). The summed E-state index contributed by atoms with van der Waals surface area (Å²) in [7, 11) is 0. The summed E-state index contributed by atoms with van der Waals surface area (Å²) < 4.78 is 2.46. The van der Waals surface area contributed by atoms with Crippen molar-refractivity contribution in [3.63, 3.8) is 0 Å². The zero-order chi connectivity index (χ0) is 11.5. The molecule has 2 aromatic heterocycles. The van der Waals surface area contributed by atoms with Gasteiger partial charge in [0.05, 0.1) is 4.47 Å². The van der Waals surface area contributed by atoms with Crippen LogP contribution in [-0.2, 0) is 0 Å². The predicted octanol–water partition coefficient (Wildman–Crippen LogP) is 2.55. The number of rotatable bonds is 3. The fourth-order valence-corrected chi connectivity index (χ4v) is 3.63. The zero-order valence-corrected chi connectivity index (χ0v) is 12.1. The number of thioether (sulfide) groups is 1. The molecule has 2 N–H and O–H groups in total. The number of nitrogens with zero attached hydrogens (tertiary/aromatic N) is 4. The lowest BCUT2D eigenvalue weighted by Gasteiger charge is -2.00. The van der Waals surface area contributed by atoms with Crippen LogP contribution < -0.4 is 5.73 Å². The van der Waals surface area contributed by atoms with Crippen LogP contribution in [0.1, 0.15) is 0 Å². The van der Waals surface area contributed by atoms with Crippen LogP contribution in [0.25, 0.3) is 0 Å². The van der Waals surface area contributed by atoms with Crippen LogP contribution in [0, 0.1) is 0 Å². The Labute approximate surface area is 113 Å². The van der Waals surface area contributed by atoms with E-state index in [2.05, 4.69) is 36.1 Å². The molecule has 0 aliphatic rings. The van der Waals surface area contributed by atoms with E-state index in [0.29, 0.717) is 10.3 Å². The summed E-state index contributed by atoms with van der Waals surface area (Å²) >= 11 is 7.85. The number of nitrogens with two attached hydrogens (primary N) is 1. The molecule has 0 saturated carbocycles. The normalized spacial score (nSPS) is 10.6. The van der Waals surface area contributed by atoms with Gasteiger partial charge >= 0.3 is 0 Å². The predicted molar refractivity (Wildman–Crippen MR) is 70.0 cm³/mol. The van der Waals surface area contributed by atoms with Crippen LogP contribution in [-0.4, -0.2) is 26.4 Å². The van der Waals surface area contributed by atoms with E-state index in [1.165, 1.54) is 29.4 Å². The number of nitrogen functional groups attached to an aromatic ring is 1. The van der Waals surface area contributed by atoms with Gasteiger partial charge in [-0.3, -0.25) is 0 Å². The second-order valence-corrected chi connectivity index (χ2v) is 6.58. The van der Waals surface area contributed by atoms with Gasteiger partial charge in [0.15, 0.2) is 8.68 Å². The molecular formula is C7H6BrN5S3. The van der Waals surface area contributed by atoms with E-state index < -0.39 is 0 Å². The van der Waals surface area contributed by atoms with Gasteiger partial charge in [-0.2, -0.15) is 0 Å². The molecule has 0 spiro atoms. The third-order valence-corrected chi connectivity index (χ3v) is 5.53. The summed E-state index contributed by atoms with van der Waals surface area (Å²) in [5, 5.41) is 8.79. The maximum atomic E-state index is 5.66. The van der Waals surface area contributed by atoms with Crippen molar-refractivity contribution < 1.29 is 0 Å². The lowest BCUT2D eigenvalue weighted by atomic mass is 10.6. The SMILES string of the molecule is CSc1nnc(Sc2ncnc(N)c2Br)s1. The lowest BCUT2D eigenvalue weighted by molar-refractivity contribution is 0.951. The van der Waals surface area contributed by atoms with E-state index >= 15 is 0 Å². The summed E-state index contributed by atoms with van der Waals surface area (Å²) in [5.41, 5.74) is 5.66. The highest BCUT2D eigenvalue weighted by Crippen LogP contribution is 2.36. The second kappa shape index (κ2) is 5.30. The van der Waals surface area contributed by atoms with E-state index in [1.54, 1.807) is 11.8 Å². The molecule has 0 bridgehead atoms. The van der Waals surface area contributed by atoms with Crippen molar-refractivity contribution in [1.29, 1.82) is 0 Å². The Morgan fingerprint density at radius 1 is 1.31 bits per heavy atom. The molecule has 9 heteroatoms. The molecule has 0 saturated heterocycles. The third kappa shape index (κ3) is 2.65. The van der Waals surface area contributed by atoms with Crippen molar-refractivity contribution in [3.05, 3.63) is 10.8 Å². The molecule has 84 valence electrons. The highest BCUT2D eigenvalue weighted by molar-refractivity contribution is 9.10. The Morgan fingerprint density at radius 3 is 2.75 bits per heavy atom. The summed E-state index contributed by atoms with van der Waals surface area (Å²) in [4.78, 5) is 8.00. The molecule has 0 unspecified atom stereocenters. The van der Waals surface area contributed by atoms with Crippen molar-refractivity contribution in [2.24, 2.45) is 0 Å². The first-order chi connectivity index (χ1) is 7.70. The molecule has 5 nitrogen and oxygen atoms in total. The fraction of sp³-hybridized carbons (Fsp3) is 0.143. The van der Waals surface area contributed by atoms with Crippen LogP contribution in [0.15, 0.2) is 24.5 Å². The minimum atomic E-state index is 0.423. The van der Waals surface area contributed by atoms with Crippen LogP contribution in [0.2, 0.25) is 0 Å². The van der Waals surface area contributed by atoms with Crippen LogP contribution in [0.3, 0.4) is 0 Å². The van der Waals surface area contributed by atoms with Gasteiger partial charge in [-0.1, -0.05) is 23.1 Å². The van der Waals surface area contributed by atoms with Crippen molar-refractivity contribution in [3.8, 4) is 0 Å². The molecule has 2 aromatic rings. The third-order valence-electron chi connectivity index (χ3n) is 1.53. The molecular weight excluding hydrogens is 330 g/mol. The summed E-state index contributed by atoms with van der Waals surface area (Å²) in [5.74, 6) is 0.423. The van der Waals surface area contributed by atoms with Gasteiger partial charge < -0.3 is 5.73 Å². The summed E-state index contributed by atoms with van der Waals surface area (Å²) in [6.07, 6.45) is 3.40. The van der Waals surface area contributed by atoms with Crippen molar-refractivity contribution >= 4 is 56.6 Å². The Hall–Kier alpha value is -0.380. The Kier molecular flexibility index (Phi) is 4.00. The minimum absolute atomic E-state index is 0.423. The first kappa shape index (κ1) is 12.1. The molecule has 0 aliphatic heterocycles. The molecule has 0 radical (unpaired) electrons. The number of halogens is 1. The van der Waals surface area contributed by atoms with E-state index in [1.807, 2.05) is 6.26 Å². The number of aromatic nitrogens is 4. The smallest absolute Gasteiger partial charge is 0.181 e. The van der Waals surface area contributed by atoms with Crippen LogP contribution >= 0.6 is 50.8 Å². The van der Waals surface area contributed by atoms with Crippen molar-refractivity contribution in [2.75, 3.05) is 12.0 Å². The number of anilines is 1. The van der Waals surface area contributed by atoms with Gasteiger partial charge in [-0.25, -0.2) is 9.97 Å². The molecule has 0 atom stereocenters. The van der Waals surface area contributed by atoms with Crippen LogP contribution in [0.4, 0.5) is 5.82 Å². The monoisotopic (exact) mass is 335 g/mol. The Morgan fingerprint density at radius 2 is 2.06 bits per heavy atom. The molecule has 0 amide bonds. The first-order valence-electron chi connectivity index (χ1n) is 4.02. The lowest BCUT2D eigenvalue weighted by Crippen LogP contribution is -1.94. The summed E-state index contributed by atoms with van der Waals surface area (Å²) in [6.45, 7) is 0. The topological polar surface area (TPSA) is 77.6 Å². The zero-order valence-electron chi connectivity index (χ0n) is 8.05. The fourth-order valence-electron chi connectivity index (χ4n) is 0.841. The van der Waals surface area contributed by atoms with Crippen molar-refractivity contribution in [1.82, 2.24) is 20.2 Å². The number of hydrogen-bond acceptors (Lipinski definition) is 8. The van der Waals surface area contributed by atoms with E-state index in [-0.39, 0.29) is 0 Å². The van der Waals surface area contributed by atoms with Crippen molar-refractivity contribution in [2.45, 2.75) is 13.7 Å². The maximum Gasteiger partial charge on any atom is 0.181 e. The largest absolute Gasteiger partial charge is 0.383 e. The Balaban J connectivity index is 2.23. The minimum Gasteiger partial charge on any atom is -0.383 e. The molecule has 0 aromatic carbocycles. The maximum absolute atomic E-state index is 5.66. The summed E-state index contributed by atoms with van der Waals surface area (Å²) in [6, 6.07) is 0. The second-order valence-electron chi connectivity index (χ2n) is 2.52. The van der Waals surface area contributed by atoms with Gasteiger partial charge in [0.2, 0.25) is 0 Å².